The third kappa shape index (κ3) is 14.0. The van der Waals surface area contributed by atoms with Gasteiger partial charge in [0.1, 0.15) is 11.2 Å². The number of amides is 2. The van der Waals surface area contributed by atoms with E-state index in [2.05, 4.69) is 26.6 Å². The molecule has 3 aliphatic rings. The fraction of sp³-hybridized carbons (Fsp3) is 0.682. The Labute approximate surface area is 370 Å². The van der Waals surface area contributed by atoms with E-state index in [1.54, 1.807) is 0 Å². The predicted molar refractivity (Wildman–Crippen MR) is 244 cm³/mol. The van der Waals surface area contributed by atoms with E-state index in [0.29, 0.717) is 0 Å². The lowest BCUT2D eigenvalue weighted by Gasteiger charge is -2.32. The van der Waals surface area contributed by atoms with Crippen molar-refractivity contribution in [3.05, 3.63) is 64.1 Å². The van der Waals surface area contributed by atoms with Crippen molar-refractivity contribution in [3.8, 4) is 0 Å². The van der Waals surface area contributed by atoms with Gasteiger partial charge in [0.15, 0.2) is 0 Å². The van der Waals surface area contributed by atoms with Gasteiger partial charge >= 0.3 is 33.3 Å². The van der Waals surface area contributed by atoms with Crippen LogP contribution in [0.5, 0.6) is 0 Å². The summed E-state index contributed by atoms with van der Waals surface area (Å²) in [6, 6.07) is 15.5. The third-order valence-electron chi connectivity index (χ3n) is 11.6. The van der Waals surface area contributed by atoms with Gasteiger partial charge in [-0.3, -0.25) is 0 Å². The van der Waals surface area contributed by atoms with Gasteiger partial charge in [0.25, 0.3) is 0 Å². The molecule has 3 heterocycles. The van der Waals surface area contributed by atoms with Gasteiger partial charge in [0, 0.05) is 4.47 Å². The molecule has 3 fully saturated rings. The van der Waals surface area contributed by atoms with E-state index in [4.69, 9.17) is 37.4 Å². The molecule has 2 aromatic carbocycles. The Morgan fingerprint density at radius 2 is 0.783 bits per heavy atom. The second-order valence-corrected chi connectivity index (χ2v) is 21.7. The lowest BCUT2D eigenvalue weighted by Crippen LogP contribution is -2.41. The van der Waals surface area contributed by atoms with Crippen LogP contribution in [0.25, 0.3) is 0 Å². The van der Waals surface area contributed by atoms with Gasteiger partial charge in [-0.15, -0.1) is 0 Å². The summed E-state index contributed by atoms with van der Waals surface area (Å²) in [7, 11) is -1.33. The summed E-state index contributed by atoms with van der Waals surface area (Å²) < 4.78 is 47.5. The number of hydrogen-bond acceptors (Lipinski definition) is 10. The number of carbonyl (C=O) groups excluding carboxylic acids is 2. The maximum atomic E-state index is 11.9. The highest BCUT2D eigenvalue weighted by Crippen LogP contribution is 2.43. The first-order chi connectivity index (χ1) is 27.0. The molecule has 0 unspecified atom stereocenters. The van der Waals surface area contributed by atoms with Crippen LogP contribution in [0, 0.1) is 0 Å². The monoisotopic (exact) mass is 900 g/mol. The van der Waals surface area contributed by atoms with Crippen molar-refractivity contribution in [1.29, 1.82) is 0 Å². The third-order valence-corrected chi connectivity index (χ3v) is 12.1. The normalized spacial score (nSPS) is 21.7. The van der Waals surface area contributed by atoms with E-state index >= 15 is 0 Å². The molecule has 2 atom stereocenters. The first-order valence-corrected chi connectivity index (χ1v) is 21.7. The number of ether oxygens (including phenoxy) is 2. The molecule has 16 heteroatoms. The van der Waals surface area contributed by atoms with Gasteiger partial charge in [0.05, 0.1) is 45.7 Å². The van der Waals surface area contributed by atoms with E-state index in [-0.39, 0.29) is 52.8 Å². The van der Waals surface area contributed by atoms with Crippen LogP contribution in [-0.2, 0) is 37.4 Å². The van der Waals surface area contributed by atoms with Crippen molar-refractivity contribution in [2.24, 2.45) is 0 Å². The summed E-state index contributed by atoms with van der Waals surface area (Å²) in [6.07, 6.45) is -0.817. The molecule has 0 saturated carbocycles. The molecule has 2 amide bonds. The summed E-state index contributed by atoms with van der Waals surface area (Å²) in [5, 5.41) is 5.64. The fourth-order valence-corrected chi connectivity index (χ4v) is 6.07. The maximum Gasteiger partial charge on any atom is 0.494 e. The molecule has 0 radical (unpaired) electrons. The van der Waals surface area contributed by atoms with Crippen LogP contribution in [0.2, 0.25) is 0 Å². The van der Waals surface area contributed by atoms with Crippen molar-refractivity contribution in [2.45, 2.75) is 195 Å². The van der Waals surface area contributed by atoms with Gasteiger partial charge < -0.3 is 48.0 Å². The number of alkyl carbamates (subject to hydrolysis) is 2. The van der Waals surface area contributed by atoms with Crippen LogP contribution in [0.1, 0.15) is 162 Å². The van der Waals surface area contributed by atoms with Crippen molar-refractivity contribution in [3.63, 3.8) is 0 Å². The quantitative estimate of drug-likeness (QED) is 0.270. The highest BCUT2D eigenvalue weighted by atomic mass is 79.9. The van der Waals surface area contributed by atoms with Gasteiger partial charge in [-0.05, 0) is 167 Å². The molecule has 2 aromatic rings. The number of rotatable bonds is 6. The van der Waals surface area contributed by atoms with Crippen LogP contribution in [0.3, 0.4) is 0 Å². The Bertz CT molecular complexity index is 1670. The molecule has 0 aromatic heterocycles. The minimum atomic E-state index is -0.510. The number of halogens is 1. The fourth-order valence-electron chi connectivity index (χ4n) is 5.81. The van der Waals surface area contributed by atoms with Gasteiger partial charge in [-0.1, -0.05) is 52.3 Å². The molecule has 2 N–H and O–H groups in total. The smallest absolute Gasteiger partial charge is 0.444 e. The molecule has 3 aliphatic heterocycles. The minimum Gasteiger partial charge on any atom is -0.444 e. The van der Waals surface area contributed by atoms with E-state index in [9.17, 15) is 9.59 Å². The predicted octanol–water partition coefficient (Wildman–Crippen LogP) is 9.86. The summed E-state index contributed by atoms with van der Waals surface area (Å²) in [6.45, 7) is 39.3. The SMILES string of the molecule is CC1(C)OB(B2OC(C)(C)C(C)(C)O2)OC1(C)C.C[C@H](NC(=O)OC(C)(C)C)c1ccc(B2OC(C)(C)C(C)(C)O2)cc1.C[C@H](NC(=O)OC(C)(C)C)c1ccc(Br)cc1. The second kappa shape index (κ2) is 18.6. The van der Waals surface area contributed by atoms with Crippen molar-refractivity contribution in [2.75, 3.05) is 0 Å². The molecular weight excluding hydrogens is 829 g/mol. The average Bonchev–Trinajstić information content (AvgIpc) is 3.53. The van der Waals surface area contributed by atoms with Gasteiger partial charge in [-0.2, -0.15) is 0 Å². The molecule has 0 bridgehead atoms. The number of hydrogen-bond donors (Lipinski definition) is 2. The number of nitrogens with one attached hydrogen (secondary N) is 2. The summed E-state index contributed by atoms with van der Waals surface area (Å²) in [5.41, 5.74) is -0.139. The zero-order chi connectivity index (χ0) is 46.1. The second-order valence-electron chi connectivity index (χ2n) is 20.8. The highest BCUT2D eigenvalue weighted by molar-refractivity contribution is 9.10. The van der Waals surface area contributed by atoms with Crippen LogP contribution >= 0.6 is 15.9 Å². The Kier molecular flexibility index (Phi) is 16.1. The van der Waals surface area contributed by atoms with Gasteiger partial charge in [-0.25, -0.2) is 9.59 Å². The topological polar surface area (TPSA) is 132 Å². The lowest BCUT2D eigenvalue weighted by atomic mass is 9.49. The molecule has 12 nitrogen and oxygen atoms in total. The highest BCUT2D eigenvalue weighted by Gasteiger charge is 2.63. The first kappa shape index (κ1) is 51.8. The van der Waals surface area contributed by atoms with Crippen LogP contribution in [0.4, 0.5) is 9.59 Å². The Morgan fingerprint density at radius 3 is 1.07 bits per heavy atom. The Balaban J connectivity index is 0.000000247. The Morgan fingerprint density at radius 1 is 0.517 bits per heavy atom. The molecule has 5 rings (SSSR count). The molecule has 334 valence electrons. The van der Waals surface area contributed by atoms with E-state index in [1.807, 2.05) is 187 Å². The van der Waals surface area contributed by atoms with Crippen molar-refractivity contribution < 1.29 is 47.0 Å². The van der Waals surface area contributed by atoms with Crippen LogP contribution in [0.15, 0.2) is 53.0 Å². The van der Waals surface area contributed by atoms with E-state index < -0.39 is 37.4 Å². The Hall–Kier alpha value is -2.59. The van der Waals surface area contributed by atoms with Crippen molar-refractivity contribution in [1.82, 2.24) is 10.6 Å². The lowest BCUT2D eigenvalue weighted by molar-refractivity contribution is 0.00578. The molecule has 60 heavy (non-hydrogen) atoms. The minimum absolute atomic E-state index is 0.0713. The van der Waals surface area contributed by atoms with Crippen LogP contribution in [-0.4, -0.2) is 78.1 Å². The number of benzene rings is 2. The zero-order valence-electron chi connectivity index (χ0n) is 40.0. The molecule has 3 saturated heterocycles. The summed E-state index contributed by atoms with van der Waals surface area (Å²) in [4.78, 5) is 23.5. The van der Waals surface area contributed by atoms with E-state index in [0.717, 1.165) is 21.1 Å². The largest absolute Gasteiger partial charge is 0.494 e. The zero-order valence-corrected chi connectivity index (χ0v) is 41.6. The van der Waals surface area contributed by atoms with Crippen LogP contribution < -0.4 is 16.1 Å². The van der Waals surface area contributed by atoms with Gasteiger partial charge in [0.2, 0.25) is 0 Å². The van der Waals surface area contributed by atoms with E-state index in [1.165, 1.54) is 0 Å². The number of carbonyl (C=O) groups is 2. The maximum absolute atomic E-state index is 11.9. The standard InChI is InChI=1S/C19H30BNO4.C13H18BrNO2.C12H24B2O4/c1-13(21-16(22)23-17(2,3)4)14-9-11-15(12-10-14)20-24-18(5,6)19(7,8)25-20;1-9(10-5-7-11(14)8-6-10)15-12(16)17-13(2,3)4;1-9(2)10(3,4)16-13(15-9)14-17-11(5,6)12(7,8)18-14/h9-13H,1-8H3,(H,21,22);5-9H,1-4H3,(H,15,16);1-8H3/t13-;9-;/m00./s1. The molecule has 0 spiro atoms. The van der Waals surface area contributed by atoms with Crippen molar-refractivity contribution >= 4 is 54.7 Å². The molecule has 0 aliphatic carbocycles. The summed E-state index contributed by atoms with van der Waals surface area (Å²) >= 11 is 3.37. The first-order valence-electron chi connectivity index (χ1n) is 20.9. The summed E-state index contributed by atoms with van der Waals surface area (Å²) in [5.74, 6) is 0. The molecular formula is C44H72B3BrN2O10. The average molecular weight is 901 g/mol.